The number of ether oxygens (including phenoxy) is 1. The second-order valence-corrected chi connectivity index (χ2v) is 8.60. The van der Waals surface area contributed by atoms with Crippen LogP contribution < -0.4 is 10.6 Å². The monoisotopic (exact) mass is 492 g/mol. The quantitative estimate of drug-likeness (QED) is 0.314. The molecule has 0 unspecified atom stereocenters. The summed E-state index contributed by atoms with van der Waals surface area (Å²) in [7, 11) is 0. The van der Waals surface area contributed by atoms with Gasteiger partial charge in [-0.05, 0) is 43.3 Å². The Morgan fingerprint density at radius 3 is 2.88 bits per heavy atom. The molecule has 3 heterocycles. The molecule has 2 amide bonds. The molecule has 0 radical (unpaired) electrons. The predicted octanol–water partition coefficient (Wildman–Crippen LogP) is 5.48. The van der Waals surface area contributed by atoms with E-state index in [-0.39, 0.29) is 12.2 Å². The Kier molecular flexibility index (Phi) is 5.83. The van der Waals surface area contributed by atoms with Gasteiger partial charge in [-0.2, -0.15) is 5.10 Å². The van der Waals surface area contributed by atoms with Gasteiger partial charge in [0.25, 0.3) is 0 Å². The molecule has 5 aromatic rings. The number of aromatic nitrogens is 4. The lowest BCUT2D eigenvalue weighted by molar-refractivity contribution is 0.0528. The van der Waals surface area contributed by atoms with Gasteiger partial charge in [0.1, 0.15) is 5.56 Å². The van der Waals surface area contributed by atoms with Gasteiger partial charge in [0.05, 0.1) is 28.7 Å². The van der Waals surface area contributed by atoms with E-state index in [0.717, 1.165) is 15.8 Å². The van der Waals surface area contributed by atoms with Crippen LogP contribution in [0, 0.1) is 0 Å². The topological polar surface area (TPSA) is 111 Å². The first-order valence-electron chi connectivity index (χ1n) is 10.3. The number of amides is 2. The van der Waals surface area contributed by atoms with Gasteiger partial charge in [0.2, 0.25) is 0 Å². The number of halogens is 1. The molecular weight excluding hydrogens is 476 g/mol. The maximum atomic E-state index is 12.6. The van der Waals surface area contributed by atoms with E-state index in [1.165, 1.54) is 17.5 Å². The fraction of sp³-hybridized carbons (Fsp3) is 0.0870. The Balaban J connectivity index is 1.37. The molecule has 0 aliphatic carbocycles. The second kappa shape index (κ2) is 9.08. The average molecular weight is 493 g/mol. The van der Waals surface area contributed by atoms with E-state index >= 15 is 0 Å². The summed E-state index contributed by atoms with van der Waals surface area (Å²) in [6.07, 6.45) is 3.03. The lowest BCUT2D eigenvalue weighted by Gasteiger charge is -2.09. The summed E-state index contributed by atoms with van der Waals surface area (Å²) in [5.41, 5.74) is 3.49. The van der Waals surface area contributed by atoms with Crippen molar-refractivity contribution in [2.75, 3.05) is 17.2 Å². The van der Waals surface area contributed by atoms with Crippen molar-refractivity contribution in [2.45, 2.75) is 6.92 Å². The third-order valence-electron chi connectivity index (χ3n) is 4.88. The maximum absolute atomic E-state index is 12.6. The highest BCUT2D eigenvalue weighted by molar-refractivity contribution is 7.22. The SMILES string of the molecule is CCOC(=O)c1cnn2c(-c3cccc(NC(=O)Nc4nc5ccc(Cl)cc5s4)c3)ccnc12. The van der Waals surface area contributed by atoms with Crippen molar-refractivity contribution in [2.24, 2.45) is 0 Å². The maximum Gasteiger partial charge on any atom is 0.343 e. The van der Waals surface area contributed by atoms with E-state index in [9.17, 15) is 9.59 Å². The van der Waals surface area contributed by atoms with Gasteiger partial charge in [-0.25, -0.2) is 24.1 Å². The molecule has 0 aliphatic rings. The van der Waals surface area contributed by atoms with Crippen molar-refractivity contribution in [3.8, 4) is 11.3 Å². The van der Waals surface area contributed by atoms with Crippen LogP contribution in [0.4, 0.5) is 15.6 Å². The molecule has 0 saturated carbocycles. The number of hydrogen-bond acceptors (Lipinski definition) is 7. The first-order valence-corrected chi connectivity index (χ1v) is 11.5. The standard InChI is InChI=1S/C23H17ClN6O3S/c1-2-33-21(31)16-12-26-30-18(8-9-25-20(16)30)13-4-3-5-15(10-13)27-22(32)29-23-28-17-7-6-14(24)11-19(17)34-23/h3-12H,2H2,1H3,(H2,27,28,29,32). The number of rotatable bonds is 5. The molecule has 5 rings (SSSR count). The normalized spacial score (nSPS) is 11.0. The highest BCUT2D eigenvalue weighted by Crippen LogP contribution is 2.29. The largest absolute Gasteiger partial charge is 0.462 e. The first kappa shape index (κ1) is 21.8. The molecule has 0 aliphatic heterocycles. The Morgan fingerprint density at radius 1 is 1.15 bits per heavy atom. The molecule has 0 spiro atoms. The molecule has 170 valence electrons. The van der Waals surface area contributed by atoms with Crippen LogP contribution in [0.25, 0.3) is 27.1 Å². The zero-order chi connectivity index (χ0) is 23.7. The first-order chi connectivity index (χ1) is 16.5. The van der Waals surface area contributed by atoms with Gasteiger partial charge >= 0.3 is 12.0 Å². The molecular formula is C23H17ClN6O3S. The third-order valence-corrected chi connectivity index (χ3v) is 6.05. The smallest absolute Gasteiger partial charge is 0.343 e. The summed E-state index contributed by atoms with van der Waals surface area (Å²) in [5, 5.41) is 11.0. The fourth-order valence-electron chi connectivity index (χ4n) is 3.43. The van der Waals surface area contributed by atoms with Crippen LogP contribution in [0.3, 0.4) is 0 Å². The molecule has 0 fully saturated rings. The Labute approximate surface area is 202 Å². The Morgan fingerprint density at radius 2 is 2.03 bits per heavy atom. The summed E-state index contributed by atoms with van der Waals surface area (Å²) in [5.74, 6) is -0.480. The molecule has 0 saturated heterocycles. The van der Waals surface area contributed by atoms with Crippen LogP contribution in [-0.2, 0) is 4.74 Å². The number of nitrogens with zero attached hydrogens (tertiary/aromatic N) is 4. The summed E-state index contributed by atoms with van der Waals surface area (Å²) in [4.78, 5) is 33.4. The van der Waals surface area contributed by atoms with Gasteiger partial charge in [0.15, 0.2) is 10.8 Å². The second-order valence-electron chi connectivity index (χ2n) is 7.14. The van der Waals surface area contributed by atoms with Gasteiger partial charge < -0.3 is 10.1 Å². The molecule has 11 heteroatoms. The van der Waals surface area contributed by atoms with Crippen LogP contribution >= 0.6 is 22.9 Å². The van der Waals surface area contributed by atoms with E-state index in [1.54, 1.807) is 54.0 Å². The molecule has 3 aromatic heterocycles. The average Bonchev–Trinajstić information content (AvgIpc) is 3.42. The number of urea groups is 1. The summed E-state index contributed by atoms with van der Waals surface area (Å²) in [6, 6.07) is 14.0. The van der Waals surface area contributed by atoms with E-state index in [0.29, 0.717) is 27.2 Å². The number of carbonyl (C=O) groups is 2. The summed E-state index contributed by atoms with van der Waals surface area (Å²) >= 11 is 7.36. The molecule has 0 bridgehead atoms. The predicted molar refractivity (Wildman–Crippen MR) is 132 cm³/mol. The van der Waals surface area contributed by atoms with Crippen LogP contribution in [0.1, 0.15) is 17.3 Å². The van der Waals surface area contributed by atoms with Crippen molar-refractivity contribution < 1.29 is 14.3 Å². The third kappa shape index (κ3) is 4.28. The molecule has 0 atom stereocenters. The van der Waals surface area contributed by atoms with Crippen molar-refractivity contribution >= 4 is 61.6 Å². The van der Waals surface area contributed by atoms with Gasteiger partial charge in [-0.1, -0.05) is 35.1 Å². The van der Waals surface area contributed by atoms with E-state index in [4.69, 9.17) is 16.3 Å². The number of benzene rings is 2. The number of fused-ring (bicyclic) bond motifs is 2. The number of esters is 1. The number of thiazole rings is 1. The van der Waals surface area contributed by atoms with Crippen molar-refractivity contribution in [1.82, 2.24) is 19.6 Å². The van der Waals surface area contributed by atoms with Crippen molar-refractivity contribution in [3.63, 3.8) is 0 Å². The molecule has 34 heavy (non-hydrogen) atoms. The van der Waals surface area contributed by atoms with Gasteiger partial charge in [0, 0.05) is 22.5 Å². The number of carbonyl (C=O) groups excluding carboxylic acids is 2. The number of hydrogen-bond donors (Lipinski definition) is 2. The molecule has 9 nitrogen and oxygen atoms in total. The fourth-order valence-corrected chi connectivity index (χ4v) is 4.57. The number of anilines is 2. The minimum absolute atomic E-state index is 0.260. The van der Waals surface area contributed by atoms with Crippen molar-refractivity contribution in [3.05, 3.63) is 71.5 Å². The minimum atomic E-state index is -0.480. The van der Waals surface area contributed by atoms with Crippen molar-refractivity contribution in [1.29, 1.82) is 0 Å². The van der Waals surface area contributed by atoms with E-state index in [1.807, 2.05) is 12.1 Å². The number of nitrogens with one attached hydrogen (secondary N) is 2. The zero-order valence-electron chi connectivity index (χ0n) is 17.8. The highest BCUT2D eigenvalue weighted by Gasteiger charge is 2.17. The van der Waals surface area contributed by atoms with Crippen LogP contribution in [0.15, 0.2) is 60.9 Å². The Hall–Kier alpha value is -4.02. The molecule has 2 N–H and O–H groups in total. The lowest BCUT2D eigenvalue weighted by atomic mass is 10.1. The zero-order valence-corrected chi connectivity index (χ0v) is 19.4. The van der Waals surface area contributed by atoms with Crippen LogP contribution in [0.2, 0.25) is 5.02 Å². The summed E-state index contributed by atoms with van der Waals surface area (Å²) < 4.78 is 7.53. The summed E-state index contributed by atoms with van der Waals surface area (Å²) in [6.45, 7) is 2.00. The highest BCUT2D eigenvalue weighted by atomic mass is 35.5. The lowest BCUT2D eigenvalue weighted by Crippen LogP contribution is -2.19. The van der Waals surface area contributed by atoms with Crippen LogP contribution in [0.5, 0.6) is 0 Å². The van der Waals surface area contributed by atoms with E-state index < -0.39 is 12.0 Å². The Bertz CT molecular complexity index is 1550. The van der Waals surface area contributed by atoms with E-state index in [2.05, 4.69) is 25.7 Å². The minimum Gasteiger partial charge on any atom is -0.462 e. The van der Waals surface area contributed by atoms with Crippen LogP contribution in [-0.4, -0.2) is 38.2 Å². The molecule has 2 aromatic carbocycles. The van der Waals surface area contributed by atoms with Gasteiger partial charge in [-0.3, -0.25) is 5.32 Å². The van der Waals surface area contributed by atoms with Gasteiger partial charge in [-0.15, -0.1) is 0 Å².